The van der Waals surface area contributed by atoms with Gasteiger partial charge in [0.2, 0.25) is 0 Å². The Balaban J connectivity index is 1.80. The Bertz CT molecular complexity index is 1190. The molecule has 30 heavy (non-hydrogen) atoms. The lowest BCUT2D eigenvalue weighted by Gasteiger charge is -2.21. The first-order valence-corrected chi connectivity index (χ1v) is 9.31. The van der Waals surface area contributed by atoms with Crippen molar-refractivity contribution in [3.8, 4) is 5.75 Å². The molecule has 0 bridgehead atoms. The molecule has 1 aliphatic rings. The normalized spacial score (nSPS) is 14.8. The molecule has 1 heterocycles. The SMILES string of the molecule is Cc1ccc(C2=C/C(=C\c3ccc([N+](=O)[O-])cc3)C(=O)N2c2ccccc2O)cc1. The number of carbonyl (C=O) groups excluding carboxylic acids is 1. The Hall–Kier alpha value is -4.19. The van der Waals surface area contributed by atoms with E-state index in [1.165, 1.54) is 23.1 Å². The number of aryl methyl sites for hydroxylation is 1. The van der Waals surface area contributed by atoms with E-state index >= 15 is 0 Å². The summed E-state index contributed by atoms with van der Waals surface area (Å²) in [6.07, 6.45) is 3.45. The van der Waals surface area contributed by atoms with Gasteiger partial charge >= 0.3 is 0 Å². The number of nitro groups is 1. The van der Waals surface area contributed by atoms with Gasteiger partial charge in [0.1, 0.15) is 5.75 Å². The Morgan fingerprint density at radius 3 is 2.27 bits per heavy atom. The van der Waals surface area contributed by atoms with Crippen LogP contribution in [0.3, 0.4) is 0 Å². The summed E-state index contributed by atoms with van der Waals surface area (Å²) in [5.74, 6) is -0.286. The van der Waals surface area contributed by atoms with Gasteiger partial charge in [0, 0.05) is 17.7 Å². The van der Waals surface area contributed by atoms with Crippen molar-refractivity contribution in [1.82, 2.24) is 0 Å². The molecular formula is C24H18N2O4. The maximum Gasteiger partial charge on any atom is 0.269 e. The van der Waals surface area contributed by atoms with Crippen molar-refractivity contribution in [3.63, 3.8) is 0 Å². The summed E-state index contributed by atoms with van der Waals surface area (Å²) in [5.41, 5.74) is 4.05. The van der Waals surface area contributed by atoms with Crippen molar-refractivity contribution in [2.45, 2.75) is 6.92 Å². The van der Waals surface area contributed by atoms with Gasteiger partial charge in [-0.1, -0.05) is 42.0 Å². The fraction of sp³-hybridized carbons (Fsp3) is 0.0417. The first kappa shape index (κ1) is 19.1. The van der Waals surface area contributed by atoms with Crippen molar-refractivity contribution in [2.75, 3.05) is 4.90 Å². The molecule has 3 aromatic carbocycles. The highest BCUT2D eigenvalue weighted by molar-refractivity contribution is 6.23. The van der Waals surface area contributed by atoms with Crippen LogP contribution < -0.4 is 4.90 Å². The topological polar surface area (TPSA) is 83.7 Å². The van der Waals surface area contributed by atoms with Crippen LogP contribution in [0.5, 0.6) is 5.75 Å². The summed E-state index contributed by atoms with van der Waals surface area (Å²) < 4.78 is 0. The van der Waals surface area contributed by atoms with E-state index in [-0.39, 0.29) is 17.3 Å². The number of anilines is 1. The molecule has 6 heteroatoms. The first-order valence-electron chi connectivity index (χ1n) is 9.31. The molecule has 0 aliphatic carbocycles. The summed E-state index contributed by atoms with van der Waals surface area (Å²) in [4.78, 5) is 25.2. The van der Waals surface area contributed by atoms with E-state index < -0.39 is 4.92 Å². The highest BCUT2D eigenvalue weighted by atomic mass is 16.6. The highest BCUT2D eigenvalue weighted by Gasteiger charge is 2.31. The van der Waals surface area contributed by atoms with E-state index in [0.29, 0.717) is 22.5 Å². The molecule has 0 radical (unpaired) electrons. The van der Waals surface area contributed by atoms with Gasteiger partial charge < -0.3 is 5.11 Å². The lowest BCUT2D eigenvalue weighted by molar-refractivity contribution is -0.384. The second kappa shape index (κ2) is 7.67. The predicted molar refractivity (Wildman–Crippen MR) is 116 cm³/mol. The first-order chi connectivity index (χ1) is 14.4. The molecule has 1 aliphatic heterocycles. The van der Waals surface area contributed by atoms with Gasteiger partial charge in [-0.3, -0.25) is 19.8 Å². The molecule has 148 valence electrons. The molecule has 0 unspecified atom stereocenters. The number of rotatable bonds is 4. The number of hydrogen-bond acceptors (Lipinski definition) is 4. The molecule has 3 aromatic rings. The van der Waals surface area contributed by atoms with Crippen molar-refractivity contribution in [2.24, 2.45) is 0 Å². The molecule has 0 aromatic heterocycles. The zero-order valence-electron chi connectivity index (χ0n) is 16.1. The van der Waals surface area contributed by atoms with Crippen molar-refractivity contribution in [1.29, 1.82) is 0 Å². The van der Waals surface area contributed by atoms with Crippen LogP contribution in [0.15, 0.2) is 84.4 Å². The number of non-ortho nitro benzene ring substituents is 1. The zero-order chi connectivity index (χ0) is 21.3. The Morgan fingerprint density at radius 2 is 1.63 bits per heavy atom. The number of phenolic OH excluding ortho intramolecular Hbond substituents is 1. The third kappa shape index (κ3) is 3.58. The molecule has 0 saturated heterocycles. The summed E-state index contributed by atoms with van der Waals surface area (Å²) in [7, 11) is 0. The van der Waals surface area contributed by atoms with Crippen molar-refractivity contribution in [3.05, 3.63) is 111 Å². The minimum Gasteiger partial charge on any atom is -0.506 e. The standard InChI is InChI=1S/C24H18N2O4/c1-16-6-10-18(11-7-16)22-15-19(14-17-8-12-20(13-9-17)26(29)30)24(28)25(22)21-4-2-3-5-23(21)27/h2-15,27H,1H3/b19-14+. The molecule has 1 amide bonds. The van der Waals surface area contributed by atoms with Crippen LogP contribution in [-0.4, -0.2) is 15.9 Å². The maximum absolute atomic E-state index is 13.3. The number of carbonyl (C=O) groups is 1. The third-order valence-electron chi connectivity index (χ3n) is 4.88. The zero-order valence-corrected chi connectivity index (χ0v) is 16.1. The van der Waals surface area contributed by atoms with Gasteiger partial charge in [0.25, 0.3) is 11.6 Å². The Kier molecular flexibility index (Phi) is 4.90. The molecular weight excluding hydrogens is 380 g/mol. The number of phenols is 1. The summed E-state index contributed by atoms with van der Waals surface area (Å²) in [5, 5.41) is 21.2. The summed E-state index contributed by atoms with van der Waals surface area (Å²) in [6, 6.07) is 20.4. The third-order valence-corrected chi connectivity index (χ3v) is 4.88. The van der Waals surface area contributed by atoms with E-state index in [9.17, 15) is 20.0 Å². The van der Waals surface area contributed by atoms with E-state index in [1.54, 1.807) is 42.5 Å². The van der Waals surface area contributed by atoms with Gasteiger partial charge in [-0.15, -0.1) is 0 Å². The van der Waals surface area contributed by atoms with Crippen molar-refractivity contribution < 1.29 is 14.8 Å². The van der Waals surface area contributed by atoms with Crippen LogP contribution in [0.1, 0.15) is 16.7 Å². The number of nitrogens with zero attached hydrogens (tertiary/aromatic N) is 2. The lowest BCUT2D eigenvalue weighted by atomic mass is 10.1. The van der Waals surface area contributed by atoms with Crippen LogP contribution in [0.25, 0.3) is 11.8 Å². The molecule has 6 nitrogen and oxygen atoms in total. The van der Waals surface area contributed by atoms with Crippen LogP contribution in [0.4, 0.5) is 11.4 Å². The maximum atomic E-state index is 13.3. The van der Waals surface area contributed by atoms with Crippen LogP contribution in [0, 0.1) is 17.0 Å². The summed E-state index contributed by atoms with van der Waals surface area (Å²) >= 11 is 0. The van der Waals surface area contributed by atoms with Gasteiger partial charge in [-0.25, -0.2) is 0 Å². The second-order valence-corrected chi connectivity index (χ2v) is 6.97. The van der Waals surface area contributed by atoms with Crippen molar-refractivity contribution >= 4 is 29.1 Å². The number of aromatic hydroxyl groups is 1. The number of amides is 1. The Morgan fingerprint density at radius 1 is 0.967 bits per heavy atom. The molecule has 1 N–H and O–H groups in total. The van der Waals surface area contributed by atoms with E-state index in [4.69, 9.17) is 0 Å². The molecule has 0 spiro atoms. The van der Waals surface area contributed by atoms with Crippen LogP contribution in [0.2, 0.25) is 0 Å². The van der Waals surface area contributed by atoms with Crippen LogP contribution >= 0.6 is 0 Å². The monoisotopic (exact) mass is 398 g/mol. The molecule has 0 saturated carbocycles. The quantitative estimate of drug-likeness (QED) is 0.377. The second-order valence-electron chi connectivity index (χ2n) is 6.97. The van der Waals surface area contributed by atoms with Gasteiger partial charge in [-0.05, 0) is 54.5 Å². The van der Waals surface area contributed by atoms with Gasteiger partial charge in [-0.2, -0.15) is 0 Å². The lowest BCUT2D eigenvalue weighted by Crippen LogP contribution is -2.25. The predicted octanol–water partition coefficient (Wildman–Crippen LogP) is 5.08. The fourth-order valence-electron chi connectivity index (χ4n) is 3.32. The molecule has 4 rings (SSSR count). The fourth-order valence-corrected chi connectivity index (χ4v) is 3.32. The largest absolute Gasteiger partial charge is 0.506 e. The average molecular weight is 398 g/mol. The number of para-hydroxylation sites is 2. The Labute approximate surface area is 173 Å². The van der Waals surface area contributed by atoms with E-state index in [0.717, 1.165) is 11.1 Å². The molecule has 0 fully saturated rings. The van der Waals surface area contributed by atoms with E-state index in [2.05, 4.69) is 0 Å². The number of hydrogen-bond donors (Lipinski definition) is 1. The van der Waals surface area contributed by atoms with Crippen LogP contribution in [-0.2, 0) is 4.79 Å². The minimum absolute atomic E-state index is 0.000414. The molecule has 0 atom stereocenters. The minimum atomic E-state index is -0.465. The highest BCUT2D eigenvalue weighted by Crippen LogP contribution is 2.39. The average Bonchev–Trinajstić information content (AvgIpc) is 3.05. The smallest absolute Gasteiger partial charge is 0.269 e. The van der Waals surface area contributed by atoms with E-state index in [1.807, 2.05) is 31.2 Å². The number of nitro benzene ring substituents is 1. The summed E-state index contributed by atoms with van der Waals surface area (Å²) in [6.45, 7) is 1.98. The van der Waals surface area contributed by atoms with Gasteiger partial charge in [0.05, 0.1) is 16.3 Å². The number of benzene rings is 3. The van der Waals surface area contributed by atoms with Gasteiger partial charge in [0.15, 0.2) is 0 Å².